The third kappa shape index (κ3) is 2.53. The molecule has 3 nitrogen and oxygen atoms in total. The van der Waals surface area contributed by atoms with Crippen molar-refractivity contribution in [2.45, 2.75) is 39.2 Å². The van der Waals surface area contributed by atoms with Crippen LogP contribution in [-0.4, -0.2) is 22.6 Å². The van der Waals surface area contributed by atoms with Crippen molar-refractivity contribution in [3.8, 4) is 0 Å². The van der Waals surface area contributed by atoms with Crippen molar-refractivity contribution < 1.29 is 0 Å². The molecular formula is C17H21N3. The van der Waals surface area contributed by atoms with Gasteiger partial charge in [-0.3, -0.25) is 0 Å². The van der Waals surface area contributed by atoms with Crippen LogP contribution in [0.2, 0.25) is 0 Å². The molecule has 2 atom stereocenters. The fourth-order valence-electron chi connectivity index (χ4n) is 3.03. The molecule has 1 fully saturated rings. The molecule has 1 aliphatic heterocycles. The van der Waals surface area contributed by atoms with E-state index in [0.29, 0.717) is 12.0 Å². The highest BCUT2D eigenvalue weighted by Crippen LogP contribution is 2.34. The molecule has 0 radical (unpaired) electrons. The largest absolute Gasteiger partial charge is 0.353 e. The predicted octanol–water partition coefficient (Wildman–Crippen LogP) is 3.48. The fraction of sp³-hybridized carbons (Fsp3) is 0.412. The summed E-state index contributed by atoms with van der Waals surface area (Å²) in [6, 6.07) is 11.5. The van der Waals surface area contributed by atoms with E-state index in [0.717, 1.165) is 18.2 Å². The Balaban J connectivity index is 1.81. The van der Waals surface area contributed by atoms with Gasteiger partial charge in [-0.25, -0.2) is 9.97 Å². The molecular weight excluding hydrogens is 246 g/mol. The van der Waals surface area contributed by atoms with Crippen molar-refractivity contribution in [2.24, 2.45) is 0 Å². The minimum Gasteiger partial charge on any atom is -0.353 e. The average molecular weight is 267 g/mol. The molecule has 3 heteroatoms. The van der Waals surface area contributed by atoms with Gasteiger partial charge < -0.3 is 4.90 Å². The van der Waals surface area contributed by atoms with Gasteiger partial charge in [0, 0.05) is 24.7 Å². The van der Waals surface area contributed by atoms with Crippen LogP contribution in [0.3, 0.4) is 0 Å². The highest BCUT2D eigenvalue weighted by molar-refractivity contribution is 5.42. The Bertz CT molecular complexity index is 591. The van der Waals surface area contributed by atoms with Gasteiger partial charge >= 0.3 is 0 Å². The van der Waals surface area contributed by atoms with Gasteiger partial charge in [0.15, 0.2) is 0 Å². The Morgan fingerprint density at radius 2 is 1.85 bits per heavy atom. The van der Waals surface area contributed by atoms with Crippen LogP contribution in [0.5, 0.6) is 0 Å². The van der Waals surface area contributed by atoms with E-state index >= 15 is 0 Å². The molecule has 0 bridgehead atoms. The van der Waals surface area contributed by atoms with Crippen LogP contribution < -0.4 is 4.90 Å². The summed E-state index contributed by atoms with van der Waals surface area (Å²) in [6.07, 6.45) is 3.04. The minimum atomic E-state index is 0.524. The number of nitrogens with zero attached hydrogens (tertiary/aromatic N) is 3. The first-order valence-electron chi connectivity index (χ1n) is 7.26. The molecule has 0 saturated carbocycles. The summed E-state index contributed by atoms with van der Waals surface area (Å²) in [5.74, 6) is 2.49. The monoisotopic (exact) mass is 267 g/mol. The number of aryl methyl sites for hydroxylation is 2. The van der Waals surface area contributed by atoms with Crippen LogP contribution in [0, 0.1) is 13.8 Å². The van der Waals surface area contributed by atoms with Gasteiger partial charge in [-0.15, -0.1) is 0 Å². The molecule has 0 amide bonds. The van der Waals surface area contributed by atoms with Gasteiger partial charge in [0.05, 0.1) is 0 Å². The number of aromatic nitrogens is 2. The molecule has 0 N–H and O–H groups in total. The van der Waals surface area contributed by atoms with E-state index in [2.05, 4.69) is 53.0 Å². The van der Waals surface area contributed by atoms with E-state index in [1.54, 1.807) is 0 Å². The first-order chi connectivity index (χ1) is 9.63. The number of benzene rings is 1. The van der Waals surface area contributed by atoms with Crippen LogP contribution in [0.25, 0.3) is 0 Å². The number of hydrogen-bond acceptors (Lipinski definition) is 3. The summed E-state index contributed by atoms with van der Waals surface area (Å²) in [4.78, 5) is 11.2. The molecule has 3 rings (SSSR count). The van der Waals surface area contributed by atoms with E-state index in [1.807, 2.05) is 19.2 Å². The van der Waals surface area contributed by atoms with E-state index < -0.39 is 0 Å². The average Bonchev–Trinajstić information content (AvgIpc) is 2.82. The minimum absolute atomic E-state index is 0.524. The molecule has 1 saturated heterocycles. The Morgan fingerprint density at radius 3 is 2.55 bits per heavy atom. The molecule has 1 aromatic carbocycles. The molecule has 1 aromatic heterocycles. The van der Waals surface area contributed by atoms with Gasteiger partial charge in [-0.1, -0.05) is 29.8 Å². The second-order valence-electron chi connectivity index (χ2n) is 5.81. The third-order valence-electron chi connectivity index (χ3n) is 4.18. The van der Waals surface area contributed by atoms with Crippen LogP contribution in [0.1, 0.15) is 36.2 Å². The lowest BCUT2D eigenvalue weighted by Crippen LogP contribution is -2.27. The smallest absolute Gasteiger partial charge is 0.132 e. The van der Waals surface area contributed by atoms with Crippen molar-refractivity contribution in [3.63, 3.8) is 0 Å². The molecule has 2 unspecified atom stereocenters. The summed E-state index contributed by atoms with van der Waals surface area (Å²) in [6.45, 7) is 7.41. The third-order valence-corrected chi connectivity index (χ3v) is 4.18. The highest BCUT2D eigenvalue weighted by atomic mass is 15.2. The van der Waals surface area contributed by atoms with Gasteiger partial charge in [0.1, 0.15) is 11.6 Å². The van der Waals surface area contributed by atoms with Gasteiger partial charge in [0.2, 0.25) is 0 Å². The first-order valence-corrected chi connectivity index (χ1v) is 7.26. The molecule has 1 aliphatic rings. The summed E-state index contributed by atoms with van der Waals surface area (Å²) < 4.78 is 0. The van der Waals surface area contributed by atoms with Crippen LogP contribution in [0.15, 0.2) is 36.5 Å². The Labute approximate surface area is 120 Å². The number of rotatable bonds is 2. The molecule has 2 aromatic rings. The van der Waals surface area contributed by atoms with E-state index in [1.165, 1.54) is 17.5 Å². The van der Waals surface area contributed by atoms with E-state index in [-0.39, 0.29) is 0 Å². The molecule has 0 aliphatic carbocycles. The molecule has 20 heavy (non-hydrogen) atoms. The number of hydrogen-bond donors (Lipinski definition) is 0. The van der Waals surface area contributed by atoms with Crippen molar-refractivity contribution in [3.05, 3.63) is 53.5 Å². The summed E-state index contributed by atoms with van der Waals surface area (Å²) in [5, 5.41) is 0. The SMILES string of the molecule is Cc1ccc(C2CC(C)N(c3ccnc(C)n3)C2)cc1. The maximum absolute atomic E-state index is 4.56. The normalized spacial score (nSPS) is 22.2. The number of anilines is 1. The van der Waals surface area contributed by atoms with Crippen molar-refractivity contribution in [2.75, 3.05) is 11.4 Å². The molecule has 0 spiro atoms. The lowest BCUT2D eigenvalue weighted by Gasteiger charge is -2.22. The van der Waals surface area contributed by atoms with Crippen LogP contribution >= 0.6 is 0 Å². The zero-order valence-corrected chi connectivity index (χ0v) is 12.4. The van der Waals surface area contributed by atoms with E-state index in [4.69, 9.17) is 0 Å². The van der Waals surface area contributed by atoms with Gasteiger partial charge in [-0.05, 0) is 38.8 Å². The maximum atomic E-state index is 4.56. The summed E-state index contributed by atoms with van der Waals surface area (Å²) in [7, 11) is 0. The van der Waals surface area contributed by atoms with E-state index in [9.17, 15) is 0 Å². The lowest BCUT2D eigenvalue weighted by atomic mass is 9.96. The van der Waals surface area contributed by atoms with Crippen molar-refractivity contribution >= 4 is 5.82 Å². The topological polar surface area (TPSA) is 29.0 Å². The Kier molecular flexibility index (Phi) is 3.43. The fourth-order valence-corrected chi connectivity index (χ4v) is 3.03. The highest BCUT2D eigenvalue weighted by Gasteiger charge is 2.30. The van der Waals surface area contributed by atoms with Crippen LogP contribution in [-0.2, 0) is 0 Å². The lowest BCUT2D eigenvalue weighted by molar-refractivity contribution is 0.695. The Hall–Kier alpha value is -1.90. The van der Waals surface area contributed by atoms with Crippen molar-refractivity contribution in [1.29, 1.82) is 0 Å². The Morgan fingerprint density at radius 1 is 1.10 bits per heavy atom. The summed E-state index contributed by atoms with van der Waals surface area (Å²) >= 11 is 0. The van der Waals surface area contributed by atoms with Gasteiger partial charge in [0.25, 0.3) is 0 Å². The van der Waals surface area contributed by atoms with Gasteiger partial charge in [-0.2, -0.15) is 0 Å². The van der Waals surface area contributed by atoms with Crippen LogP contribution in [0.4, 0.5) is 5.82 Å². The zero-order valence-electron chi connectivity index (χ0n) is 12.4. The second-order valence-corrected chi connectivity index (χ2v) is 5.81. The molecule has 2 heterocycles. The quantitative estimate of drug-likeness (QED) is 0.834. The first kappa shape index (κ1) is 13.1. The molecule has 104 valence electrons. The second kappa shape index (κ2) is 5.23. The predicted molar refractivity (Wildman–Crippen MR) is 82.1 cm³/mol. The summed E-state index contributed by atoms with van der Waals surface area (Å²) in [5.41, 5.74) is 2.76. The van der Waals surface area contributed by atoms with Crippen molar-refractivity contribution in [1.82, 2.24) is 9.97 Å². The standard InChI is InChI=1S/C17H21N3/c1-12-4-6-15(7-5-12)16-10-13(2)20(11-16)17-8-9-18-14(3)19-17/h4-9,13,16H,10-11H2,1-3H3. The zero-order chi connectivity index (χ0) is 14.1. The maximum Gasteiger partial charge on any atom is 0.132 e.